The van der Waals surface area contributed by atoms with E-state index >= 15 is 0 Å². The molecule has 0 saturated carbocycles. The van der Waals surface area contributed by atoms with E-state index < -0.39 is 0 Å². The van der Waals surface area contributed by atoms with Crippen LogP contribution in [0.3, 0.4) is 0 Å². The lowest BCUT2D eigenvalue weighted by Crippen LogP contribution is -2.41. The predicted molar refractivity (Wildman–Crippen MR) is 76.3 cm³/mol. The minimum atomic E-state index is 0.163. The molecule has 0 bridgehead atoms. The normalized spacial score (nSPS) is 11.4. The molecule has 7 heteroatoms. The zero-order chi connectivity index (χ0) is 14.2. The Kier molecular flexibility index (Phi) is 15.5. The Morgan fingerprint density at radius 1 is 0.526 bits per heavy atom. The zero-order valence-electron chi connectivity index (χ0n) is 11.8. The van der Waals surface area contributed by atoms with Crippen molar-refractivity contribution < 1.29 is 15.3 Å². The largest absolute Gasteiger partial charge is 0.395 e. The summed E-state index contributed by atoms with van der Waals surface area (Å²) in [5, 5.41) is 35.5. The van der Waals surface area contributed by atoms with E-state index in [9.17, 15) is 0 Å². The first-order valence-corrected chi connectivity index (χ1v) is 7.02. The van der Waals surface area contributed by atoms with Gasteiger partial charge in [-0.15, -0.1) is 0 Å². The molecular weight excluding hydrogens is 248 g/mol. The second-order valence-electron chi connectivity index (χ2n) is 4.26. The smallest absolute Gasteiger partial charge is 0.0555 e. The summed E-state index contributed by atoms with van der Waals surface area (Å²) in [4.78, 5) is 2.30. The van der Waals surface area contributed by atoms with Crippen molar-refractivity contribution in [2.24, 2.45) is 0 Å². The molecule has 19 heavy (non-hydrogen) atoms. The van der Waals surface area contributed by atoms with Crippen molar-refractivity contribution in [2.45, 2.75) is 0 Å². The number of rotatable bonds is 15. The zero-order valence-corrected chi connectivity index (χ0v) is 11.8. The highest BCUT2D eigenvalue weighted by molar-refractivity contribution is 4.63. The molecule has 116 valence electrons. The van der Waals surface area contributed by atoms with E-state index in [1.807, 2.05) is 0 Å². The second kappa shape index (κ2) is 15.8. The van der Waals surface area contributed by atoms with Crippen LogP contribution in [-0.2, 0) is 0 Å². The van der Waals surface area contributed by atoms with Crippen LogP contribution in [-0.4, -0.2) is 98.9 Å². The molecule has 0 rings (SSSR count). The lowest BCUT2D eigenvalue weighted by molar-refractivity contribution is 0.247. The molecule has 0 unspecified atom stereocenters. The molecule has 6 N–H and O–H groups in total. The number of nitrogens with zero attached hydrogens (tertiary/aromatic N) is 1. The van der Waals surface area contributed by atoms with Gasteiger partial charge in [-0.2, -0.15) is 0 Å². The molecule has 0 aliphatic carbocycles. The van der Waals surface area contributed by atoms with Crippen molar-refractivity contribution in [3.8, 4) is 0 Å². The summed E-state index contributed by atoms with van der Waals surface area (Å²) >= 11 is 0. The van der Waals surface area contributed by atoms with Gasteiger partial charge in [0.15, 0.2) is 0 Å². The van der Waals surface area contributed by atoms with Crippen LogP contribution in [0.1, 0.15) is 0 Å². The molecule has 0 aliphatic heterocycles. The van der Waals surface area contributed by atoms with Gasteiger partial charge < -0.3 is 31.3 Å². The van der Waals surface area contributed by atoms with E-state index in [1.165, 1.54) is 0 Å². The van der Waals surface area contributed by atoms with Crippen molar-refractivity contribution >= 4 is 0 Å². The molecule has 0 heterocycles. The third kappa shape index (κ3) is 13.9. The molecule has 0 aromatic heterocycles. The lowest BCUT2D eigenvalue weighted by Gasteiger charge is -2.22. The lowest BCUT2D eigenvalue weighted by atomic mass is 10.4. The Bertz CT molecular complexity index is 147. The van der Waals surface area contributed by atoms with Crippen LogP contribution in [0.4, 0.5) is 0 Å². The van der Waals surface area contributed by atoms with E-state index in [0.717, 1.165) is 39.3 Å². The number of hydrogen-bond donors (Lipinski definition) is 6. The van der Waals surface area contributed by atoms with Crippen LogP contribution in [0.2, 0.25) is 0 Å². The Balaban J connectivity index is 3.66. The minimum Gasteiger partial charge on any atom is -0.395 e. The van der Waals surface area contributed by atoms with Gasteiger partial charge >= 0.3 is 0 Å². The van der Waals surface area contributed by atoms with Gasteiger partial charge in [0.2, 0.25) is 0 Å². The van der Waals surface area contributed by atoms with Gasteiger partial charge in [0.05, 0.1) is 19.8 Å². The highest BCUT2D eigenvalue weighted by Gasteiger charge is 2.03. The van der Waals surface area contributed by atoms with E-state index in [4.69, 9.17) is 15.3 Å². The number of aliphatic hydroxyl groups excluding tert-OH is 3. The first kappa shape index (κ1) is 18.7. The third-order valence-electron chi connectivity index (χ3n) is 2.68. The first-order valence-electron chi connectivity index (χ1n) is 7.02. The second-order valence-corrected chi connectivity index (χ2v) is 4.26. The van der Waals surface area contributed by atoms with Gasteiger partial charge in [-0.1, -0.05) is 0 Å². The average Bonchev–Trinajstić information content (AvgIpc) is 2.43. The number of aliphatic hydroxyl groups is 3. The minimum absolute atomic E-state index is 0.163. The van der Waals surface area contributed by atoms with Gasteiger partial charge in [0, 0.05) is 58.9 Å². The monoisotopic (exact) mass is 278 g/mol. The molecule has 0 atom stereocenters. The van der Waals surface area contributed by atoms with Crippen molar-refractivity contribution in [2.75, 3.05) is 78.7 Å². The molecule has 0 saturated heterocycles. The molecule has 0 aromatic rings. The maximum absolute atomic E-state index is 8.69. The molecule has 0 aliphatic rings. The van der Waals surface area contributed by atoms with Crippen molar-refractivity contribution in [1.29, 1.82) is 0 Å². The molecule has 7 nitrogen and oxygen atoms in total. The SMILES string of the molecule is OCCNCCN(CCNCCO)CCNCCO. The molecule has 0 spiro atoms. The van der Waals surface area contributed by atoms with Crippen molar-refractivity contribution in [3.63, 3.8) is 0 Å². The summed E-state index contributed by atoms with van der Waals surface area (Å²) in [5.41, 5.74) is 0. The highest BCUT2D eigenvalue weighted by atomic mass is 16.3. The van der Waals surface area contributed by atoms with E-state index in [-0.39, 0.29) is 19.8 Å². The van der Waals surface area contributed by atoms with Gasteiger partial charge in [0.25, 0.3) is 0 Å². The van der Waals surface area contributed by atoms with Gasteiger partial charge in [-0.3, -0.25) is 4.90 Å². The van der Waals surface area contributed by atoms with Crippen LogP contribution in [0.15, 0.2) is 0 Å². The van der Waals surface area contributed by atoms with Crippen LogP contribution in [0.25, 0.3) is 0 Å². The fraction of sp³-hybridized carbons (Fsp3) is 1.00. The standard InChI is InChI=1S/C12H30N4O3/c17-10-4-13-1-7-16(8-2-14-5-11-18)9-3-15-6-12-19/h13-15,17-19H,1-12H2. The summed E-state index contributed by atoms with van der Waals surface area (Å²) < 4.78 is 0. The number of nitrogens with one attached hydrogen (secondary N) is 3. The maximum Gasteiger partial charge on any atom is 0.0555 e. The summed E-state index contributed by atoms with van der Waals surface area (Å²) in [7, 11) is 0. The average molecular weight is 278 g/mol. The van der Waals surface area contributed by atoms with E-state index in [1.54, 1.807) is 0 Å². The summed E-state index contributed by atoms with van der Waals surface area (Å²) in [6.07, 6.45) is 0. The van der Waals surface area contributed by atoms with Crippen LogP contribution in [0, 0.1) is 0 Å². The fourth-order valence-corrected chi connectivity index (χ4v) is 1.66. The molecule has 0 amide bonds. The van der Waals surface area contributed by atoms with Crippen LogP contribution in [0.5, 0.6) is 0 Å². The number of hydrogen-bond acceptors (Lipinski definition) is 7. The first-order chi connectivity index (χ1) is 9.35. The highest BCUT2D eigenvalue weighted by Crippen LogP contribution is 1.85. The Morgan fingerprint density at radius 3 is 1.11 bits per heavy atom. The topological polar surface area (TPSA) is 100 Å². The van der Waals surface area contributed by atoms with Crippen molar-refractivity contribution in [1.82, 2.24) is 20.9 Å². The van der Waals surface area contributed by atoms with Crippen molar-refractivity contribution in [3.05, 3.63) is 0 Å². The van der Waals surface area contributed by atoms with Gasteiger partial charge in [-0.05, 0) is 0 Å². The van der Waals surface area contributed by atoms with Crippen LogP contribution >= 0.6 is 0 Å². The Morgan fingerprint density at radius 2 is 0.842 bits per heavy atom. The third-order valence-corrected chi connectivity index (χ3v) is 2.68. The summed E-state index contributed by atoms with van der Waals surface area (Å²) in [6, 6.07) is 0. The van der Waals surface area contributed by atoms with Gasteiger partial charge in [-0.25, -0.2) is 0 Å². The van der Waals surface area contributed by atoms with E-state index in [0.29, 0.717) is 19.6 Å². The fourth-order valence-electron chi connectivity index (χ4n) is 1.66. The quantitative estimate of drug-likeness (QED) is 0.178. The Hall–Kier alpha value is -0.280. The van der Waals surface area contributed by atoms with Gasteiger partial charge in [0.1, 0.15) is 0 Å². The predicted octanol–water partition coefficient (Wildman–Crippen LogP) is -2.97. The molecule has 0 aromatic carbocycles. The molecule has 0 radical (unpaired) electrons. The molecular formula is C12H30N4O3. The van der Waals surface area contributed by atoms with E-state index in [2.05, 4.69) is 20.9 Å². The molecule has 0 fully saturated rings. The van der Waals surface area contributed by atoms with Crippen LogP contribution < -0.4 is 16.0 Å². The Labute approximate surface area is 116 Å². The summed E-state index contributed by atoms with van der Waals surface area (Å²) in [5.74, 6) is 0. The maximum atomic E-state index is 8.69. The summed E-state index contributed by atoms with van der Waals surface area (Å²) in [6.45, 7) is 7.66.